The molecule has 0 fully saturated rings. The Morgan fingerprint density at radius 2 is 1.77 bits per heavy atom. The lowest BCUT2D eigenvalue weighted by Gasteiger charge is -2.18. The summed E-state index contributed by atoms with van der Waals surface area (Å²) in [4.78, 5) is 26.3. The summed E-state index contributed by atoms with van der Waals surface area (Å²) in [5.41, 5.74) is 1.02. The Kier molecular flexibility index (Phi) is 6.28. The Morgan fingerprint density at radius 1 is 1.03 bits per heavy atom. The quantitative estimate of drug-likeness (QED) is 0.700. The van der Waals surface area contributed by atoms with Gasteiger partial charge >= 0.3 is 0 Å². The Hall–Kier alpha value is -3.11. The van der Waals surface area contributed by atoms with E-state index >= 15 is 0 Å². The number of likely N-dealkylation sites (N-methyl/N-ethyl adjacent to an activating group) is 1. The fourth-order valence-electron chi connectivity index (χ4n) is 2.80. The zero-order valence-corrected chi connectivity index (χ0v) is 17.7. The largest absolute Gasteiger partial charge is 0.454 e. The number of amides is 2. The van der Waals surface area contributed by atoms with Crippen molar-refractivity contribution >= 4 is 21.8 Å². The molecular weight excluding hydrogens is 410 g/mol. The molecular formula is C20H23N3O6S. The third-order valence-corrected chi connectivity index (χ3v) is 6.37. The van der Waals surface area contributed by atoms with Crippen LogP contribution in [0.3, 0.4) is 0 Å². The molecule has 1 aliphatic heterocycles. The van der Waals surface area contributed by atoms with Crippen LogP contribution in [0.2, 0.25) is 0 Å². The molecule has 0 spiro atoms. The molecule has 0 bridgehead atoms. The standard InChI is InChI=1S/C20H23N3O6S/c1-22(2)30(26,27)16-6-4-5-15(10-16)20(25)21-11-19(24)23(3)12-14-7-8-17-18(9-14)29-13-28-17/h4-10H,11-13H2,1-3H3,(H,21,25). The van der Waals surface area contributed by atoms with E-state index in [0.29, 0.717) is 18.0 Å². The van der Waals surface area contributed by atoms with Gasteiger partial charge in [-0.3, -0.25) is 9.59 Å². The molecule has 2 aromatic rings. The minimum Gasteiger partial charge on any atom is -0.454 e. The summed E-state index contributed by atoms with van der Waals surface area (Å²) in [7, 11) is 0.798. The molecule has 1 aliphatic rings. The highest BCUT2D eigenvalue weighted by Gasteiger charge is 2.20. The first-order valence-electron chi connectivity index (χ1n) is 9.12. The highest BCUT2D eigenvalue weighted by atomic mass is 32.2. The summed E-state index contributed by atoms with van der Waals surface area (Å²) >= 11 is 0. The van der Waals surface area contributed by atoms with E-state index in [-0.39, 0.29) is 29.7 Å². The first-order valence-corrected chi connectivity index (χ1v) is 10.6. The molecule has 0 atom stereocenters. The van der Waals surface area contributed by atoms with Gasteiger partial charge < -0.3 is 19.7 Å². The maximum Gasteiger partial charge on any atom is 0.251 e. The second-order valence-electron chi connectivity index (χ2n) is 6.94. The van der Waals surface area contributed by atoms with Crippen LogP contribution in [0.15, 0.2) is 47.4 Å². The SMILES string of the molecule is CN(Cc1ccc2c(c1)OCO2)C(=O)CNC(=O)c1cccc(S(=O)(=O)N(C)C)c1. The van der Waals surface area contributed by atoms with Gasteiger partial charge in [0, 0.05) is 33.3 Å². The molecule has 30 heavy (non-hydrogen) atoms. The lowest BCUT2D eigenvalue weighted by molar-refractivity contribution is -0.129. The number of benzene rings is 2. The average molecular weight is 433 g/mol. The Bertz CT molecular complexity index is 1070. The van der Waals surface area contributed by atoms with Gasteiger partial charge in [-0.25, -0.2) is 12.7 Å². The van der Waals surface area contributed by atoms with Gasteiger partial charge in [0.1, 0.15) is 0 Å². The van der Waals surface area contributed by atoms with Gasteiger partial charge in [0.25, 0.3) is 5.91 Å². The van der Waals surface area contributed by atoms with Gasteiger partial charge in [-0.15, -0.1) is 0 Å². The van der Waals surface area contributed by atoms with Crippen LogP contribution in [-0.2, 0) is 21.4 Å². The summed E-state index contributed by atoms with van der Waals surface area (Å²) in [5, 5.41) is 2.53. The van der Waals surface area contributed by atoms with Crippen molar-refractivity contribution in [3.8, 4) is 11.5 Å². The highest BCUT2D eigenvalue weighted by Crippen LogP contribution is 2.32. The lowest BCUT2D eigenvalue weighted by atomic mass is 10.2. The monoisotopic (exact) mass is 433 g/mol. The van der Waals surface area contributed by atoms with Gasteiger partial charge in [0.15, 0.2) is 11.5 Å². The molecule has 0 saturated carbocycles. The number of sulfonamides is 1. The first kappa shape index (κ1) is 21.6. The summed E-state index contributed by atoms with van der Waals surface area (Å²) in [6.45, 7) is 0.295. The zero-order valence-electron chi connectivity index (χ0n) is 16.9. The van der Waals surface area contributed by atoms with Crippen LogP contribution >= 0.6 is 0 Å². The summed E-state index contributed by atoms with van der Waals surface area (Å²) < 4.78 is 36.1. The van der Waals surface area contributed by atoms with E-state index in [1.165, 1.54) is 43.3 Å². The fourth-order valence-corrected chi connectivity index (χ4v) is 3.75. The van der Waals surface area contributed by atoms with E-state index in [2.05, 4.69) is 5.32 Å². The maximum absolute atomic E-state index is 12.4. The van der Waals surface area contributed by atoms with Crippen LogP contribution < -0.4 is 14.8 Å². The van der Waals surface area contributed by atoms with Gasteiger partial charge in [0.05, 0.1) is 11.4 Å². The normalized spacial score (nSPS) is 12.7. The number of nitrogens with one attached hydrogen (secondary N) is 1. The van der Waals surface area contributed by atoms with Gasteiger partial charge in [-0.2, -0.15) is 0 Å². The predicted molar refractivity (Wildman–Crippen MR) is 109 cm³/mol. The average Bonchev–Trinajstić information content (AvgIpc) is 3.19. The smallest absolute Gasteiger partial charge is 0.251 e. The predicted octanol–water partition coefficient (Wildman–Crippen LogP) is 1.05. The number of rotatable bonds is 7. The zero-order chi connectivity index (χ0) is 21.9. The minimum absolute atomic E-state index is 0.00593. The molecule has 1 heterocycles. The third kappa shape index (κ3) is 4.71. The molecule has 10 heteroatoms. The number of hydrogen-bond donors (Lipinski definition) is 1. The van der Waals surface area contributed by atoms with Gasteiger partial charge in [-0.05, 0) is 35.9 Å². The van der Waals surface area contributed by atoms with Crippen LogP contribution in [0, 0.1) is 0 Å². The molecule has 9 nitrogen and oxygen atoms in total. The molecule has 3 rings (SSSR count). The molecule has 1 N–H and O–H groups in total. The van der Waals surface area contributed by atoms with Crippen molar-refractivity contribution in [2.24, 2.45) is 0 Å². The van der Waals surface area contributed by atoms with Crippen LogP contribution in [0.25, 0.3) is 0 Å². The number of nitrogens with zero attached hydrogens (tertiary/aromatic N) is 2. The summed E-state index contributed by atoms with van der Waals surface area (Å²) in [6.07, 6.45) is 0. The molecule has 0 aromatic heterocycles. The topological polar surface area (TPSA) is 105 Å². The van der Waals surface area contributed by atoms with Crippen LogP contribution in [0.5, 0.6) is 11.5 Å². The van der Waals surface area contributed by atoms with E-state index in [0.717, 1.165) is 9.87 Å². The number of fused-ring (bicyclic) bond motifs is 1. The van der Waals surface area contributed by atoms with Crippen molar-refractivity contribution in [1.82, 2.24) is 14.5 Å². The van der Waals surface area contributed by atoms with Crippen LogP contribution in [0.4, 0.5) is 0 Å². The van der Waals surface area contributed by atoms with Crippen molar-refractivity contribution in [2.45, 2.75) is 11.4 Å². The van der Waals surface area contributed by atoms with E-state index in [9.17, 15) is 18.0 Å². The number of hydrogen-bond acceptors (Lipinski definition) is 6. The minimum atomic E-state index is -3.66. The number of carbonyl (C=O) groups is 2. The first-order chi connectivity index (χ1) is 14.2. The van der Waals surface area contributed by atoms with Gasteiger partial charge in [-0.1, -0.05) is 12.1 Å². The number of ether oxygens (including phenoxy) is 2. The van der Waals surface area contributed by atoms with E-state index in [1.807, 2.05) is 6.07 Å². The van der Waals surface area contributed by atoms with Crippen molar-refractivity contribution in [3.05, 3.63) is 53.6 Å². The molecule has 2 aromatic carbocycles. The Labute approximate surface area is 175 Å². The highest BCUT2D eigenvalue weighted by molar-refractivity contribution is 7.89. The Balaban J connectivity index is 1.58. The molecule has 160 valence electrons. The van der Waals surface area contributed by atoms with Crippen molar-refractivity contribution in [3.63, 3.8) is 0 Å². The van der Waals surface area contributed by atoms with Crippen molar-refractivity contribution in [2.75, 3.05) is 34.5 Å². The van der Waals surface area contributed by atoms with E-state index < -0.39 is 15.9 Å². The second-order valence-corrected chi connectivity index (χ2v) is 9.09. The Morgan fingerprint density at radius 3 is 2.50 bits per heavy atom. The van der Waals surface area contributed by atoms with E-state index in [4.69, 9.17) is 9.47 Å². The molecule has 0 saturated heterocycles. The molecule has 2 amide bonds. The number of carbonyl (C=O) groups excluding carboxylic acids is 2. The van der Waals surface area contributed by atoms with E-state index in [1.54, 1.807) is 19.2 Å². The van der Waals surface area contributed by atoms with Crippen LogP contribution in [0.1, 0.15) is 15.9 Å². The fraction of sp³-hybridized carbons (Fsp3) is 0.300. The third-order valence-electron chi connectivity index (χ3n) is 4.56. The maximum atomic E-state index is 12.4. The van der Waals surface area contributed by atoms with Crippen molar-refractivity contribution < 1.29 is 27.5 Å². The van der Waals surface area contributed by atoms with Crippen molar-refractivity contribution in [1.29, 1.82) is 0 Å². The molecule has 0 radical (unpaired) electrons. The molecule has 0 aliphatic carbocycles. The van der Waals surface area contributed by atoms with Crippen LogP contribution in [-0.4, -0.2) is 63.9 Å². The lowest BCUT2D eigenvalue weighted by Crippen LogP contribution is -2.37. The second kappa shape index (κ2) is 8.72. The molecule has 0 unspecified atom stereocenters. The summed E-state index contributed by atoms with van der Waals surface area (Å²) in [5.74, 6) is 0.474. The summed E-state index contributed by atoms with van der Waals surface area (Å²) in [6, 6.07) is 11.1. The van der Waals surface area contributed by atoms with Gasteiger partial charge in [0.2, 0.25) is 22.7 Å².